The van der Waals surface area contributed by atoms with Crippen molar-refractivity contribution in [3.05, 3.63) is 59.2 Å². The number of carbonyl (C=O) groups is 2. The van der Waals surface area contributed by atoms with Crippen molar-refractivity contribution >= 4 is 23.6 Å². The molecule has 0 saturated heterocycles. The van der Waals surface area contributed by atoms with E-state index in [0.29, 0.717) is 23.7 Å². The largest absolute Gasteiger partial charge is 1.00 e. The van der Waals surface area contributed by atoms with Crippen molar-refractivity contribution in [1.82, 2.24) is 5.32 Å². The predicted molar refractivity (Wildman–Crippen MR) is 150 cm³/mol. The van der Waals surface area contributed by atoms with Crippen molar-refractivity contribution in [3.63, 3.8) is 0 Å². The van der Waals surface area contributed by atoms with Gasteiger partial charge in [0.2, 0.25) is 0 Å². The van der Waals surface area contributed by atoms with Crippen LogP contribution >= 0.6 is 11.8 Å². The maximum atomic E-state index is 13.3. The van der Waals surface area contributed by atoms with Gasteiger partial charge < -0.3 is 16.2 Å². The maximum Gasteiger partial charge on any atom is 1.00 e. The van der Waals surface area contributed by atoms with Crippen LogP contribution < -0.4 is 29.9 Å². The smallest absolute Gasteiger partial charge is 0.480 e. The minimum Gasteiger partial charge on any atom is -0.480 e. The molecule has 0 heterocycles. The van der Waals surface area contributed by atoms with Crippen LogP contribution in [-0.2, 0) is 4.79 Å². The molecule has 3 atom stereocenters. The third-order valence-electron chi connectivity index (χ3n) is 7.72. The zero-order valence-corrected chi connectivity index (χ0v) is 23.8. The molecule has 1 aliphatic carbocycles. The van der Waals surface area contributed by atoms with E-state index in [4.69, 9.17) is 5.73 Å². The molecule has 1 fully saturated rings. The average Bonchev–Trinajstić information content (AvgIpc) is 2.89. The summed E-state index contributed by atoms with van der Waals surface area (Å²) in [5, 5.41) is 12.4. The van der Waals surface area contributed by atoms with Gasteiger partial charge in [-0.15, -0.1) is 0 Å². The number of hydrogen-bond donors (Lipinski definition) is 3. The van der Waals surface area contributed by atoms with E-state index in [-0.39, 0.29) is 30.8 Å². The second kappa shape index (κ2) is 15.6. The number of nitrogens with one attached hydrogen (secondary N) is 1. The Morgan fingerprint density at radius 2 is 1.81 bits per heavy atom. The second-order valence-corrected chi connectivity index (χ2v) is 11.2. The van der Waals surface area contributed by atoms with Crippen molar-refractivity contribution < 1.29 is 33.6 Å². The molecule has 1 saturated carbocycles. The van der Waals surface area contributed by atoms with Gasteiger partial charge in [-0.05, 0) is 78.0 Å². The number of aliphatic carboxylic acids is 1. The Bertz CT molecular complexity index is 1030. The summed E-state index contributed by atoms with van der Waals surface area (Å²) in [5.41, 5.74) is 11.2. The van der Waals surface area contributed by atoms with Gasteiger partial charge in [0.05, 0.1) is 0 Å². The number of amides is 1. The minimum atomic E-state index is -1.01. The normalized spacial score (nSPS) is 16.3. The van der Waals surface area contributed by atoms with E-state index in [9.17, 15) is 14.7 Å². The summed E-state index contributed by atoms with van der Waals surface area (Å²) in [6.07, 6.45) is 11.1. The zero-order chi connectivity index (χ0) is 26.1. The number of carboxylic acids is 1. The number of carbonyl (C=O) groups excluding carboxylic acids is 1. The molecule has 2 aromatic rings. The molecule has 37 heavy (non-hydrogen) atoms. The first-order valence-electron chi connectivity index (χ1n) is 13.3. The maximum absolute atomic E-state index is 13.3. The standard InChI is InChI=1S/C30H42N2O3S.Li/c1-4-22(18-21-11-6-5-7-12-21)28(31)23-14-15-25(26(19-23)24-13-9-8-10-20(24)2)29(33)32-27(30(34)35)16-17-36-3;/h8-10,13-15,19,21-22,27-28H,4-7,11-12,16-18,31H2,1-3H3,(H,32,33)(H,34,35);/q;+1. The van der Waals surface area contributed by atoms with Crippen molar-refractivity contribution in [2.45, 2.75) is 77.3 Å². The molecule has 7 heteroatoms. The number of carboxylic acid groups (broad SMARTS) is 1. The number of aryl methyl sites for hydroxylation is 1. The van der Waals surface area contributed by atoms with Gasteiger partial charge in [0.25, 0.3) is 5.91 Å². The quantitative estimate of drug-likeness (QED) is 0.374. The first-order chi connectivity index (χ1) is 17.3. The monoisotopic (exact) mass is 517 g/mol. The molecule has 4 N–H and O–H groups in total. The fourth-order valence-corrected chi connectivity index (χ4v) is 5.96. The van der Waals surface area contributed by atoms with E-state index in [1.807, 2.05) is 49.6 Å². The molecule has 196 valence electrons. The third kappa shape index (κ3) is 8.65. The van der Waals surface area contributed by atoms with Gasteiger partial charge in [-0.25, -0.2) is 4.79 Å². The van der Waals surface area contributed by atoms with E-state index in [1.165, 1.54) is 32.1 Å². The Hall–Kier alpha value is -1.71. The predicted octanol–water partition coefficient (Wildman–Crippen LogP) is 3.60. The number of nitrogens with two attached hydrogens (primary N) is 1. The van der Waals surface area contributed by atoms with Crippen LogP contribution in [-0.4, -0.2) is 35.0 Å². The molecule has 0 radical (unpaired) electrons. The van der Waals surface area contributed by atoms with E-state index in [0.717, 1.165) is 41.0 Å². The van der Waals surface area contributed by atoms with Crippen LogP contribution in [0.15, 0.2) is 42.5 Å². The summed E-state index contributed by atoms with van der Waals surface area (Å²) in [7, 11) is 0. The Balaban J connectivity index is 0.00000481. The molecular formula is C30H42LiN2O3S+. The van der Waals surface area contributed by atoms with Crippen LogP contribution in [0.25, 0.3) is 11.1 Å². The number of thioether (sulfide) groups is 1. The summed E-state index contributed by atoms with van der Waals surface area (Å²) < 4.78 is 0. The van der Waals surface area contributed by atoms with E-state index >= 15 is 0 Å². The second-order valence-electron chi connectivity index (χ2n) is 10.2. The summed E-state index contributed by atoms with van der Waals surface area (Å²) >= 11 is 1.57. The molecule has 0 aromatic heterocycles. The van der Waals surface area contributed by atoms with E-state index < -0.39 is 12.0 Å². The summed E-state index contributed by atoms with van der Waals surface area (Å²) in [6.45, 7) is 4.25. The van der Waals surface area contributed by atoms with Gasteiger partial charge in [0.15, 0.2) is 0 Å². The molecule has 5 nitrogen and oxygen atoms in total. The van der Waals surface area contributed by atoms with Crippen LogP contribution in [0.1, 0.15) is 85.8 Å². The van der Waals surface area contributed by atoms with Crippen molar-refractivity contribution in [1.29, 1.82) is 0 Å². The molecule has 0 spiro atoms. The van der Waals surface area contributed by atoms with Crippen LogP contribution in [0, 0.1) is 18.8 Å². The molecule has 3 unspecified atom stereocenters. The average molecular weight is 518 g/mol. The number of benzene rings is 2. The number of hydrogen-bond acceptors (Lipinski definition) is 4. The Morgan fingerprint density at radius 1 is 1.11 bits per heavy atom. The molecule has 1 amide bonds. The molecule has 2 aromatic carbocycles. The van der Waals surface area contributed by atoms with Gasteiger partial charge >= 0.3 is 24.8 Å². The van der Waals surface area contributed by atoms with Crippen LogP contribution in [0.2, 0.25) is 0 Å². The molecule has 1 aliphatic rings. The fraction of sp³-hybridized carbons (Fsp3) is 0.533. The van der Waals surface area contributed by atoms with Crippen molar-refractivity contribution in [3.8, 4) is 11.1 Å². The molecule has 0 aliphatic heterocycles. The topological polar surface area (TPSA) is 92.4 Å². The van der Waals surface area contributed by atoms with Crippen LogP contribution in [0.4, 0.5) is 0 Å². The third-order valence-corrected chi connectivity index (χ3v) is 8.36. The van der Waals surface area contributed by atoms with Gasteiger partial charge in [-0.2, -0.15) is 11.8 Å². The Kier molecular flexibility index (Phi) is 13.3. The van der Waals surface area contributed by atoms with Gasteiger partial charge in [0.1, 0.15) is 6.04 Å². The van der Waals surface area contributed by atoms with Crippen molar-refractivity contribution in [2.24, 2.45) is 17.6 Å². The van der Waals surface area contributed by atoms with Crippen LogP contribution in [0.5, 0.6) is 0 Å². The molecule has 3 rings (SSSR count). The summed E-state index contributed by atoms with van der Waals surface area (Å²) in [6, 6.07) is 12.8. The zero-order valence-electron chi connectivity index (χ0n) is 23.0. The van der Waals surface area contributed by atoms with Crippen LogP contribution in [0.3, 0.4) is 0 Å². The fourth-order valence-electron chi connectivity index (χ4n) is 5.48. The van der Waals surface area contributed by atoms with Gasteiger partial charge in [-0.1, -0.05) is 75.8 Å². The molecular weight excluding hydrogens is 475 g/mol. The number of rotatable bonds is 12. The summed E-state index contributed by atoms with van der Waals surface area (Å²) in [5.74, 6) is 0.429. The first-order valence-corrected chi connectivity index (χ1v) is 14.7. The first kappa shape index (κ1) is 31.5. The molecule has 0 bridgehead atoms. The van der Waals surface area contributed by atoms with Crippen molar-refractivity contribution in [2.75, 3.05) is 12.0 Å². The van der Waals surface area contributed by atoms with Gasteiger partial charge in [-0.3, -0.25) is 4.79 Å². The summed E-state index contributed by atoms with van der Waals surface area (Å²) in [4.78, 5) is 25.1. The Morgan fingerprint density at radius 3 is 2.43 bits per heavy atom. The van der Waals surface area contributed by atoms with E-state index in [1.54, 1.807) is 11.8 Å². The Labute approximate surface area is 238 Å². The minimum absolute atomic E-state index is 0. The van der Waals surface area contributed by atoms with Gasteiger partial charge in [0, 0.05) is 11.6 Å². The van der Waals surface area contributed by atoms with E-state index in [2.05, 4.69) is 18.3 Å². The SMILES string of the molecule is CCC(CC1CCCCC1)C(N)c1ccc(C(=O)NC(CCSC)C(=O)O)c(-c2ccccc2C)c1.[Li+].